The lowest BCUT2D eigenvalue weighted by Gasteiger charge is -2.16. The van der Waals surface area contributed by atoms with Crippen molar-refractivity contribution in [2.75, 3.05) is 0 Å². The van der Waals surface area contributed by atoms with Gasteiger partial charge in [-0.1, -0.05) is 53.7 Å². The van der Waals surface area contributed by atoms with Gasteiger partial charge in [0.2, 0.25) is 0 Å². The van der Waals surface area contributed by atoms with Gasteiger partial charge in [0.1, 0.15) is 11.4 Å². The van der Waals surface area contributed by atoms with E-state index in [2.05, 4.69) is 48.0 Å². The van der Waals surface area contributed by atoms with Crippen LogP contribution in [0, 0.1) is 5.92 Å². The van der Waals surface area contributed by atoms with Gasteiger partial charge < -0.3 is 4.74 Å². The van der Waals surface area contributed by atoms with Crippen LogP contribution in [0.5, 0.6) is 5.75 Å². The molecule has 104 valence electrons. The maximum absolute atomic E-state index is 5.95. The Bertz CT molecular complexity index is 460. The summed E-state index contributed by atoms with van der Waals surface area (Å²) in [4.78, 5) is 0.504. The van der Waals surface area contributed by atoms with Gasteiger partial charge in [-0.2, -0.15) is 0 Å². The Morgan fingerprint density at radius 2 is 2.05 bits per heavy atom. The largest absolute Gasteiger partial charge is 0.487 e. The Balaban J connectivity index is 1.72. The predicted molar refractivity (Wildman–Crippen MR) is 83.1 cm³/mol. The smallest absolute Gasteiger partial charge is 0.123 e. The van der Waals surface area contributed by atoms with E-state index >= 15 is 0 Å². The van der Waals surface area contributed by atoms with E-state index < -0.39 is 0 Å². The number of hydrogen-bond acceptors (Lipinski definition) is 1. The summed E-state index contributed by atoms with van der Waals surface area (Å²) in [5, 5.41) is 0. The van der Waals surface area contributed by atoms with Crippen LogP contribution in [0.2, 0.25) is 0 Å². The fraction of sp³-hybridized carbons (Fsp3) is 0.647. The summed E-state index contributed by atoms with van der Waals surface area (Å²) >= 11 is 3.89. The van der Waals surface area contributed by atoms with E-state index in [0.717, 1.165) is 18.1 Å². The first-order valence-electron chi connectivity index (χ1n) is 7.49. The molecule has 1 atom stereocenters. The Hall–Kier alpha value is -0.500. The fourth-order valence-electron chi connectivity index (χ4n) is 3.50. The van der Waals surface area contributed by atoms with Crippen molar-refractivity contribution in [3.63, 3.8) is 0 Å². The second-order valence-electron chi connectivity index (χ2n) is 6.76. The van der Waals surface area contributed by atoms with E-state index in [-0.39, 0.29) is 5.60 Å². The van der Waals surface area contributed by atoms with Crippen LogP contribution in [0.1, 0.15) is 61.9 Å². The number of halogens is 1. The molecule has 0 amide bonds. The van der Waals surface area contributed by atoms with Gasteiger partial charge in [-0.3, -0.25) is 0 Å². The van der Waals surface area contributed by atoms with Crippen molar-refractivity contribution >= 4 is 15.9 Å². The molecule has 0 spiro atoms. The Morgan fingerprint density at radius 3 is 2.79 bits per heavy atom. The van der Waals surface area contributed by atoms with Crippen molar-refractivity contribution in [3.8, 4) is 5.75 Å². The summed E-state index contributed by atoms with van der Waals surface area (Å²) in [5.41, 5.74) is 2.76. The first kappa shape index (κ1) is 13.5. The van der Waals surface area contributed by atoms with Crippen LogP contribution in [0.3, 0.4) is 0 Å². The highest BCUT2D eigenvalue weighted by molar-refractivity contribution is 9.09. The van der Waals surface area contributed by atoms with Crippen LogP contribution in [0.25, 0.3) is 0 Å². The molecule has 19 heavy (non-hydrogen) atoms. The average molecular weight is 323 g/mol. The number of hydrogen-bond donors (Lipinski definition) is 0. The van der Waals surface area contributed by atoms with Crippen molar-refractivity contribution < 1.29 is 4.74 Å². The topological polar surface area (TPSA) is 9.23 Å². The molecule has 1 heterocycles. The van der Waals surface area contributed by atoms with Crippen LogP contribution in [-0.4, -0.2) is 5.60 Å². The highest BCUT2D eigenvalue weighted by atomic mass is 79.9. The monoisotopic (exact) mass is 322 g/mol. The summed E-state index contributed by atoms with van der Waals surface area (Å²) in [5.74, 6) is 2.00. The van der Waals surface area contributed by atoms with Gasteiger partial charge in [-0.05, 0) is 43.4 Å². The van der Waals surface area contributed by atoms with Gasteiger partial charge in [0.05, 0.1) is 0 Å². The molecule has 0 aromatic heterocycles. The van der Waals surface area contributed by atoms with Crippen LogP contribution in [-0.2, 0) is 6.42 Å². The van der Waals surface area contributed by atoms with E-state index in [9.17, 15) is 0 Å². The molecule has 1 nitrogen and oxygen atoms in total. The fourth-order valence-corrected chi connectivity index (χ4v) is 4.31. The van der Waals surface area contributed by atoms with Gasteiger partial charge in [-0.25, -0.2) is 0 Å². The minimum absolute atomic E-state index is 0.0335. The molecule has 1 fully saturated rings. The summed E-state index contributed by atoms with van der Waals surface area (Å²) in [6, 6.07) is 6.73. The Morgan fingerprint density at radius 1 is 1.32 bits per heavy atom. The van der Waals surface area contributed by atoms with Crippen LogP contribution < -0.4 is 4.74 Å². The quantitative estimate of drug-likeness (QED) is 0.675. The van der Waals surface area contributed by atoms with Crippen molar-refractivity contribution in [1.29, 1.82) is 0 Å². The van der Waals surface area contributed by atoms with Gasteiger partial charge in [0.25, 0.3) is 0 Å². The lowest BCUT2D eigenvalue weighted by atomic mass is 9.95. The zero-order valence-electron chi connectivity index (χ0n) is 11.9. The third-order valence-corrected chi connectivity index (χ3v) is 5.37. The summed E-state index contributed by atoms with van der Waals surface area (Å²) in [6.07, 6.45) is 8.00. The van der Waals surface area contributed by atoms with Gasteiger partial charge in [0.15, 0.2) is 0 Å². The summed E-state index contributed by atoms with van der Waals surface area (Å²) < 4.78 is 5.95. The van der Waals surface area contributed by atoms with Crippen molar-refractivity contribution in [2.45, 2.75) is 62.8 Å². The molecule has 2 aliphatic rings. The van der Waals surface area contributed by atoms with Crippen LogP contribution in [0.4, 0.5) is 0 Å². The van der Waals surface area contributed by atoms with E-state index in [1.165, 1.54) is 43.2 Å². The SMILES string of the molecule is CC1(C)Cc2cc(C(Br)CC3CCCC3)ccc2O1. The van der Waals surface area contributed by atoms with Gasteiger partial charge in [0, 0.05) is 11.2 Å². The molecule has 0 saturated heterocycles. The first-order chi connectivity index (χ1) is 9.03. The van der Waals surface area contributed by atoms with E-state index in [4.69, 9.17) is 4.74 Å². The van der Waals surface area contributed by atoms with Crippen molar-refractivity contribution in [2.24, 2.45) is 5.92 Å². The zero-order valence-corrected chi connectivity index (χ0v) is 13.5. The van der Waals surface area contributed by atoms with Crippen molar-refractivity contribution in [1.82, 2.24) is 0 Å². The molecule has 1 aromatic carbocycles. The maximum atomic E-state index is 5.95. The maximum Gasteiger partial charge on any atom is 0.123 e. The highest BCUT2D eigenvalue weighted by Crippen LogP contribution is 2.41. The van der Waals surface area contributed by atoms with E-state index in [1.807, 2.05) is 0 Å². The third-order valence-electron chi connectivity index (χ3n) is 4.46. The van der Waals surface area contributed by atoms with Crippen molar-refractivity contribution in [3.05, 3.63) is 29.3 Å². The van der Waals surface area contributed by atoms with Gasteiger partial charge >= 0.3 is 0 Å². The third kappa shape index (κ3) is 2.99. The molecule has 1 saturated carbocycles. The minimum Gasteiger partial charge on any atom is -0.487 e. The standard InChI is InChI=1S/C17H23BrO/c1-17(2)11-14-10-13(7-8-16(14)19-17)15(18)9-12-5-3-4-6-12/h7-8,10,12,15H,3-6,9,11H2,1-2H3. The normalized spacial score (nSPS) is 23.1. The first-order valence-corrected chi connectivity index (χ1v) is 8.41. The molecular formula is C17H23BrO. The lowest BCUT2D eigenvalue weighted by Crippen LogP contribution is -2.24. The van der Waals surface area contributed by atoms with Gasteiger partial charge in [-0.15, -0.1) is 0 Å². The minimum atomic E-state index is -0.0335. The Kier molecular flexibility index (Phi) is 3.63. The molecule has 0 N–H and O–H groups in total. The zero-order chi connectivity index (χ0) is 13.5. The molecule has 0 radical (unpaired) electrons. The number of alkyl halides is 1. The molecule has 1 aliphatic carbocycles. The molecule has 1 aliphatic heterocycles. The Labute approximate surface area is 124 Å². The molecule has 2 heteroatoms. The highest BCUT2D eigenvalue weighted by Gasteiger charge is 2.30. The van der Waals surface area contributed by atoms with E-state index in [0.29, 0.717) is 4.83 Å². The molecule has 1 aromatic rings. The molecule has 0 bridgehead atoms. The summed E-state index contributed by atoms with van der Waals surface area (Å²) in [7, 11) is 0. The second kappa shape index (κ2) is 5.12. The number of ether oxygens (including phenoxy) is 1. The molecular weight excluding hydrogens is 300 g/mol. The summed E-state index contributed by atoms with van der Waals surface area (Å²) in [6.45, 7) is 4.33. The van der Waals surface area contributed by atoms with E-state index in [1.54, 1.807) is 0 Å². The molecule has 3 rings (SSSR count). The second-order valence-corrected chi connectivity index (χ2v) is 7.86. The lowest BCUT2D eigenvalue weighted by molar-refractivity contribution is 0.138. The van der Waals surface area contributed by atoms with Crippen LogP contribution >= 0.6 is 15.9 Å². The predicted octanol–water partition coefficient (Wildman–Crippen LogP) is 5.42. The number of rotatable bonds is 3. The number of fused-ring (bicyclic) bond motifs is 1. The molecule has 1 unspecified atom stereocenters. The average Bonchev–Trinajstić information content (AvgIpc) is 2.93. The number of benzene rings is 1. The van der Waals surface area contributed by atoms with Crippen LogP contribution in [0.15, 0.2) is 18.2 Å².